The fourth-order valence-corrected chi connectivity index (χ4v) is 3.41. The summed E-state index contributed by atoms with van der Waals surface area (Å²) in [5.41, 5.74) is 7.90. The number of methoxy groups -OCH3 is 1. The first-order valence-electron chi connectivity index (χ1n) is 7.42. The van der Waals surface area contributed by atoms with Crippen molar-refractivity contribution >= 4 is 21.7 Å². The number of halogens is 1. The maximum Gasteiger partial charge on any atom is 0.170 e. The van der Waals surface area contributed by atoms with Gasteiger partial charge in [-0.2, -0.15) is 5.10 Å². The Morgan fingerprint density at radius 3 is 2.64 bits per heavy atom. The molecule has 22 heavy (non-hydrogen) atoms. The third kappa shape index (κ3) is 2.67. The summed E-state index contributed by atoms with van der Waals surface area (Å²) in [7, 11) is 3.48. The summed E-state index contributed by atoms with van der Waals surface area (Å²) in [6, 6.07) is 3.85. The molecule has 118 valence electrons. The molecule has 0 spiro atoms. The lowest BCUT2D eigenvalue weighted by Gasteiger charge is -2.20. The highest BCUT2D eigenvalue weighted by Crippen LogP contribution is 2.46. The average Bonchev–Trinajstić information content (AvgIpc) is 3.12. The van der Waals surface area contributed by atoms with Crippen LogP contribution in [0.1, 0.15) is 25.7 Å². The zero-order chi connectivity index (χ0) is 15.7. The van der Waals surface area contributed by atoms with Crippen molar-refractivity contribution in [3.8, 4) is 22.6 Å². The van der Waals surface area contributed by atoms with Gasteiger partial charge in [0.25, 0.3) is 0 Å². The lowest BCUT2D eigenvalue weighted by molar-refractivity contribution is 0.201. The van der Waals surface area contributed by atoms with Gasteiger partial charge in [-0.25, -0.2) is 0 Å². The Bertz CT molecular complexity index is 678. The van der Waals surface area contributed by atoms with Gasteiger partial charge < -0.3 is 15.2 Å². The number of anilines is 1. The zero-order valence-corrected chi connectivity index (χ0v) is 14.4. The molecule has 1 heterocycles. The van der Waals surface area contributed by atoms with Gasteiger partial charge in [-0.3, -0.25) is 4.68 Å². The van der Waals surface area contributed by atoms with Crippen molar-refractivity contribution in [1.29, 1.82) is 0 Å². The van der Waals surface area contributed by atoms with Gasteiger partial charge in [-0.1, -0.05) is 15.9 Å². The van der Waals surface area contributed by atoms with E-state index in [-0.39, 0.29) is 6.10 Å². The van der Waals surface area contributed by atoms with Gasteiger partial charge in [0.2, 0.25) is 0 Å². The zero-order valence-electron chi connectivity index (χ0n) is 12.8. The van der Waals surface area contributed by atoms with Gasteiger partial charge in [0.15, 0.2) is 11.5 Å². The van der Waals surface area contributed by atoms with E-state index in [1.165, 1.54) is 12.8 Å². The van der Waals surface area contributed by atoms with Crippen molar-refractivity contribution in [1.82, 2.24) is 9.78 Å². The van der Waals surface area contributed by atoms with E-state index in [2.05, 4.69) is 21.0 Å². The van der Waals surface area contributed by atoms with E-state index in [1.807, 2.05) is 19.2 Å². The van der Waals surface area contributed by atoms with Crippen molar-refractivity contribution in [2.24, 2.45) is 7.05 Å². The maximum absolute atomic E-state index is 6.28. The Morgan fingerprint density at radius 1 is 1.32 bits per heavy atom. The average molecular weight is 366 g/mol. The largest absolute Gasteiger partial charge is 0.493 e. The molecule has 1 aromatic heterocycles. The van der Waals surface area contributed by atoms with Gasteiger partial charge in [0, 0.05) is 22.6 Å². The van der Waals surface area contributed by atoms with E-state index in [1.54, 1.807) is 18.0 Å². The lowest BCUT2D eigenvalue weighted by Crippen LogP contribution is -2.12. The minimum Gasteiger partial charge on any atom is -0.493 e. The van der Waals surface area contributed by atoms with Crippen LogP contribution in [0.4, 0.5) is 5.82 Å². The first-order chi connectivity index (χ1) is 10.6. The summed E-state index contributed by atoms with van der Waals surface area (Å²) in [5, 5.41) is 4.24. The second kappa shape index (κ2) is 6.20. The highest BCUT2D eigenvalue weighted by Gasteiger charge is 2.24. The molecule has 3 rings (SSSR count). The second-order valence-electron chi connectivity index (χ2n) is 5.55. The SMILES string of the molecule is COc1ccc(Br)c(-c2cnn(C)c2N)c1OC1CCCC1. The highest BCUT2D eigenvalue weighted by molar-refractivity contribution is 9.10. The second-order valence-corrected chi connectivity index (χ2v) is 6.40. The van der Waals surface area contributed by atoms with Crippen LogP contribution in [0.15, 0.2) is 22.8 Å². The summed E-state index contributed by atoms with van der Waals surface area (Å²) in [6.45, 7) is 0. The Labute approximate surface area is 138 Å². The lowest BCUT2D eigenvalue weighted by atomic mass is 10.1. The molecule has 0 amide bonds. The van der Waals surface area contributed by atoms with Crippen LogP contribution in [0.3, 0.4) is 0 Å². The first-order valence-corrected chi connectivity index (χ1v) is 8.22. The summed E-state index contributed by atoms with van der Waals surface area (Å²) < 4.78 is 14.4. The third-order valence-electron chi connectivity index (χ3n) is 4.13. The molecule has 0 aliphatic heterocycles. The molecule has 2 aromatic rings. The van der Waals surface area contributed by atoms with Crippen LogP contribution >= 0.6 is 15.9 Å². The van der Waals surface area contributed by atoms with E-state index in [9.17, 15) is 0 Å². The topological polar surface area (TPSA) is 62.3 Å². The summed E-state index contributed by atoms with van der Waals surface area (Å²) in [4.78, 5) is 0. The smallest absolute Gasteiger partial charge is 0.170 e. The molecular weight excluding hydrogens is 346 g/mol. The van der Waals surface area contributed by atoms with Crippen LogP contribution in [0, 0.1) is 0 Å². The normalized spacial score (nSPS) is 15.2. The number of aryl methyl sites for hydroxylation is 1. The molecular formula is C16H20BrN3O2. The van der Waals surface area contributed by atoms with Crippen LogP contribution in [0.5, 0.6) is 11.5 Å². The van der Waals surface area contributed by atoms with Crippen molar-refractivity contribution in [2.45, 2.75) is 31.8 Å². The molecule has 5 nitrogen and oxygen atoms in total. The Hall–Kier alpha value is -1.69. The number of rotatable bonds is 4. The number of nitrogen functional groups attached to an aromatic ring is 1. The molecule has 0 radical (unpaired) electrons. The monoisotopic (exact) mass is 365 g/mol. The number of hydrogen-bond donors (Lipinski definition) is 1. The Morgan fingerprint density at radius 2 is 2.05 bits per heavy atom. The molecule has 2 N–H and O–H groups in total. The number of aromatic nitrogens is 2. The predicted octanol–water partition coefficient (Wildman–Crippen LogP) is 3.76. The van der Waals surface area contributed by atoms with Crippen molar-refractivity contribution in [2.75, 3.05) is 12.8 Å². The molecule has 1 saturated carbocycles. The van der Waals surface area contributed by atoms with Gasteiger partial charge >= 0.3 is 0 Å². The van der Waals surface area contributed by atoms with Crippen LogP contribution in [0.25, 0.3) is 11.1 Å². The van der Waals surface area contributed by atoms with Crippen LogP contribution < -0.4 is 15.2 Å². The molecule has 1 aliphatic carbocycles. The van der Waals surface area contributed by atoms with Crippen LogP contribution in [-0.2, 0) is 7.05 Å². The van der Waals surface area contributed by atoms with E-state index in [0.29, 0.717) is 11.6 Å². The van der Waals surface area contributed by atoms with Gasteiger partial charge in [0.1, 0.15) is 5.82 Å². The van der Waals surface area contributed by atoms with Gasteiger partial charge in [0.05, 0.1) is 19.4 Å². The van der Waals surface area contributed by atoms with E-state index in [0.717, 1.165) is 34.2 Å². The first kappa shape index (κ1) is 15.2. The molecule has 0 saturated heterocycles. The molecule has 0 bridgehead atoms. The van der Waals surface area contributed by atoms with Crippen LogP contribution in [-0.4, -0.2) is 23.0 Å². The molecule has 1 aliphatic rings. The minimum absolute atomic E-state index is 0.236. The fraction of sp³-hybridized carbons (Fsp3) is 0.438. The summed E-state index contributed by atoms with van der Waals surface area (Å²) in [5.74, 6) is 2.06. The molecule has 6 heteroatoms. The molecule has 0 unspecified atom stereocenters. The van der Waals surface area contributed by atoms with Crippen molar-refractivity contribution in [3.63, 3.8) is 0 Å². The number of nitrogens with two attached hydrogens (primary N) is 1. The van der Waals surface area contributed by atoms with Gasteiger partial charge in [-0.15, -0.1) is 0 Å². The Kier molecular flexibility index (Phi) is 4.29. The van der Waals surface area contributed by atoms with Crippen molar-refractivity contribution < 1.29 is 9.47 Å². The van der Waals surface area contributed by atoms with Crippen molar-refractivity contribution in [3.05, 3.63) is 22.8 Å². The van der Waals surface area contributed by atoms with Gasteiger partial charge in [-0.05, 0) is 37.8 Å². The highest BCUT2D eigenvalue weighted by atomic mass is 79.9. The fourth-order valence-electron chi connectivity index (χ4n) is 2.88. The van der Waals surface area contributed by atoms with E-state index < -0.39 is 0 Å². The quantitative estimate of drug-likeness (QED) is 0.895. The van der Waals surface area contributed by atoms with E-state index >= 15 is 0 Å². The summed E-state index contributed by atoms with van der Waals surface area (Å²) >= 11 is 3.61. The molecule has 1 fully saturated rings. The molecule has 1 aromatic carbocycles. The maximum atomic E-state index is 6.28. The summed E-state index contributed by atoms with van der Waals surface area (Å²) in [6.07, 6.45) is 6.59. The minimum atomic E-state index is 0.236. The van der Waals surface area contributed by atoms with E-state index in [4.69, 9.17) is 15.2 Å². The van der Waals surface area contributed by atoms with Crippen LogP contribution in [0.2, 0.25) is 0 Å². The predicted molar refractivity (Wildman–Crippen MR) is 90.2 cm³/mol. The number of benzene rings is 1. The molecule has 0 atom stereocenters. The Balaban J connectivity index is 2.12. The number of ether oxygens (including phenoxy) is 2. The number of nitrogens with zero attached hydrogens (tertiary/aromatic N) is 2. The standard InChI is InChI=1S/C16H20BrN3O2/c1-20-16(18)11(9-19-20)14-12(17)7-8-13(21-2)15(14)22-10-5-3-4-6-10/h7-10H,3-6,18H2,1-2H3. The third-order valence-corrected chi connectivity index (χ3v) is 4.79. The number of hydrogen-bond acceptors (Lipinski definition) is 4.